The van der Waals surface area contributed by atoms with Crippen LogP contribution in [0.25, 0.3) is 0 Å². The van der Waals surface area contributed by atoms with E-state index in [1.807, 2.05) is 0 Å². The van der Waals surface area contributed by atoms with Crippen LogP contribution in [0.2, 0.25) is 0 Å². The summed E-state index contributed by atoms with van der Waals surface area (Å²) in [5.74, 6) is -0.317. The number of aryl methyl sites for hydroxylation is 3. The van der Waals surface area contributed by atoms with E-state index < -0.39 is 9.85 Å². The summed E-state index contributed by atoms with van der Waals surface area (Å²) in [5.41, 5.74) is 1.19. The second kappa shape index (κ2) is 6.86. The molecule has 0 fully saturated rings. The molecule has 2 aromatic rings. The Labute approximate surface area is 136 Å². The molecule has 1 N–H and O–H groups in total. The van der Waals surface area contributed by atoms with Crippen molar-refractivity contribution >= 4 is 23.0 Å². The largest absolute Gasteiger partial charge is 0.326 e. The number of non-ortho nitro benzene ring substituents is 1. The molecular formula is C14H15N5O5. The fourth-order valence-electron chi connectivity index (χ4n) is 2.13. The summed E-state index contributed by atoms with van der Waals surface area (Å²) in [6, 6.07) is 4.15. The summed E-state index contributed by atoms with van der Waals surface area (Å²) < 4.78 is 1.34. The first-order valence-electron chi connectivity index (χ1n) is 7.01. The van der Waals surface area contributed by atoms with Gasteiger partial charge in [0.05, 0.1) is 9.85 Å². The SMILES string of the molecule is Cc1cc([N+](=O)[O-])ccc1NC(=O)CCn1cc([N+](=O)[O-])c(C)n1. The number of amides is 1. The van der Waals surface area contributed by atoms with Crippen molar-refractivity contribution in [3.63, 3.8) is 0 Å². The third-order valence-electron chi connectivity index (χ3n) is 3.38. The van der Waals surface area contributed by atoms with Gasteiger partial charge in [0.2, 0.25) is 5.91 Å². The molecule has 0 atom stereocenters. The molecule has 10 heteroatoms. The molecule has 0 bridgehead atoms. The van der Waals surface area contributed by atoms with Crippen LogP contribution in [0.4, 0.5) is 17.1 Å². The van der Waals surface area contributed by atoms with E-state index in [1.165, 1.54) is 36.0 Å². The van der Waals surface area contributed by atoms with E-state index in [0.717, 1.165) is 0 Å². The Balaban J connectivity index is 1.97. The van der Waals surface area contributed by atoms with Crippen molar-refractivity contribution in [1.82, 2.24) is 9.78 Å². The van der Waals surface area contributed by atoms with Crippen molar-refractivity contribution in [1.29, 1.82) is 0 Å². The molecule has 1 amide bonds. The summed E-state index contributed by atoms with van der Waals surface area (Å²) in [6.07, 6.45) is 1.34. The van der Waals surface area contributed by atoms with Gasteiger partial charge in [-0.15, -0.1) is 0 Å². The highest BCUT2D eigenvalue weighted by molar-refractivity contribution is 5.91. The zero-order valence-electron chi connectivity index (χ0n) is 13.1. The molecule has 0 aliphatic heterocycles. The maximum atomic E-state index is 12.0. The van der Waals surface area contributed by atoms with Crippen molar-refractivity contribution in [2.45, 2.75) is 26.8 Å². The molecule has 0 saturated heterocycles. The van der Waals surface area contributed by atoms with Crippen LogP contribution >= 0.6 is 0 Å². The topological polar surface area (TPSA) is 133 Å². The van der Waals surface area contributed by atoms with Crippen LogP contribution in [0.15, 0.2) is 24.4 Å². The lowest BCUT2D eigenvalue weighted by Gasteiger charge is -2.08. The Hall–Kier alpha value is -3.30. The first kappa shape index (κ1) is 17.1. The number of carbonyl (C=O) groups is 1. The molecule has 0 saturated carbocycles. The third-order valence-corrected chi connectivity index (χ3v) is 3.38. The van der Waals surface area contributed by atoms with E-state index in [4.69, 9.17) is 0 Å². The second-order valence-electron chi connectivity index (χ2n) is 5.17. The Bertz CT molecular complexity index is 814. The number of carbonyl (C=O) groups excluding carboxylic acids is 1. The number of nitro benzene ring substituents is 1. The normalized spacial score (nSPS) is 10.4. The molecule has 2 rings (SSSR count). The first-order chi connectivity index (χ1) is 11.3. The number of nitrogens with one attached hydrogen (secondary N) is 1. The molecule has 0 unspecified atom stereocenters. The van der Waals surface area contributed by atoms with Crippen LogP contribution < -0.4 is 5.32 Å². The summed E-state index contributed by atoms with van der Waals surface area (Å²) in [7, 11) is 0. The molecule has 24 heavy (non-hydrogen) atoms. The number of nitro groups is 2. The van der Waals surface area contributed by atoms with E-state index in [2.05, 4.69) is 10.4 Å². The Kier molecular flexibility index (Phi) is 4.87. The van der Waals surface area contributed by atoms with Crippen LogP contribution in [-0.2, 0) is 11.3 Å². The van der Waals surface area contributed by atoms with Gasteiger partial charge in [-0.3, -0.25) is 29.7 Å². The van der Waals surface area contributed by atoms with Crippen molar-refractivity contribution in [3.05, 3.63) is 55.9 Å². The van der Waals surface area contributed by atoms with Crippen molar-refractivity contribution < 1.29 is 14.6 Å². The highest BCUT2D eigenvalue weighted by atomic mass is 16.6. The molecule has 0 spiro atoms. The molecule has 1 aromatic carbocycles. The minimum Gasteiger partial charge on any atom is -0.326 e. The Morgan fingerprint density at radius 3 is 2.50 bits per heavy atom. The Morgan fingerprint density at radius 2 is 1.96 bits per heavy atom. The smallest absolute Gasteiger partial charge is 0.309 e. The van der Waals surface area contributed by atoms with E-state index in [1.54, 1.807) is 6.92 Å². The monoisotopic (exact) mass is 333 g/mol. The average Bonchev–Trinajstić information content (AvgIpc) is 2.88. The summed E-state index contributed by atoms with van der Waals surface area (Å²) in [6.45, 7) is 3.37. The molecular weight excluding hydrogens is 318 g/mol. The predicted octanol–water partition coefficient (Wildman–Crippen LogP) is 2.35. The number of rotatable bonds is 6. The molecule has 0 radical (unpaired) electrons. The van der Waals surface area contributed by atoms with E-state index >= 15 is 0 Å². The highest BCUT2D eigenvalue weighted by Gasteiger charge is 2.16. The molecule has 126 valence electrons. The maximum absolute atomic E-state index is 12.0. The van der Waals surface area contributed by atoms with Crippen LogP contribution in [-0.4, -0.2) is 25.5 Å². The van der Waals surface area contributed by atoms with Gasteiger partial charge < -0.3 is 5.32 Å². The van der Waals surface area contributed by atoms with Crippen molar-refractivity contribution in [3.8, 4) is 0 Å². The minimum absolute atomic E-state index is 0.0511. The quantitative estimate of drug-likeness (QED) is 0.637. The average molecular weight is 333 g/mol. The highest BCUT2D eigenvalue weighted by Crippen LogP contribution is 2.21. The zero-order chi connectivity index (χ0) is 17.9. The van der Waals surface area contributed by atoms with Gasteiger partial charge in [0, 0.05) is 30.8 Å². The zero-order valence-corrected chi connectivity index (χ0v) is 13.1. The number of hydrogen-bond acceptors (Lipinski definition) is 6. The number of aromatic nitrogens is 2. The maximum Gasteiger partial charge on any atom is 0.309 e. The van der Waals surface area contributed by atoms with Gasteiger partial charge in [0.1, 0.15) is 11.9 Å². The van der Waals surface area contributed by atoms with Gasteiger partial charge >= 0.3 is 5.69 Å². The fourth-order valence-corrected chi connectivity index (χ4v) is 2.13. The molecule has 1 heterocycles. The van der Waals surface area contributed by atoms with Gasteiger partial charge in [-0.2, -0.15) is 5.10 Å². The first-order valence-corrected chi connectivity index (χ1v) is 7.01. The van der Waals surface area contributed by atoms with Gasteiger partial charge in [-0.05, 0) is 25.5 Å². The van der Waals surface area contributed by atoms with Crippen molar-refractivity contribution in [2.75, 3.05) is 5.32 Å². The number of hydrogen-bond donors (Lipinski definition) is 1. The second-order valence-corrected chi connectivity index (χ2v) is 5.17. The van der Waals surface area contributed by atoms with Gasteiger partial charge in [-0.25, -0.2) is 0 Å². The number of benzene rings is 1. The molecule has 0 aliphatic rings. The number of anilines is 1. The molecule has 1 aromatic heterocycles. The van der Waals surface area contributed by atoms with Crippen LogP contribution in [0.1, 0.15) is 17.7 Å². The lowest BCUT2D eigenvalue weighted by molar-refractivity contribution is -0.385. The van der Waals surface area contributed by atoms with E-state index in [9.17, 15) is 25.0 Å². The molecule has 10 nitrogen and oxygen atoms in total. The lowest BCUT2D eigenvalue weighted by Crippen LogP contribution is -2.15. The summed E-state index contributed by atoms with van der Waals surface area (Å²) in [5, 5.41) is 28.1. The molecule has 0 aliphatic carbocycles. The van der Waals surface area contributed by atoms with Gasteiger partial charge in [0.25, 0.3) is 5.69 Å². The summed E-state index contributed by atoms with van der Waals surface area (Å²) >= 11 is 0. The fraction of sp³-hybridized carbons (Fsp3) is 0.286. The van der Waals surface area contributed by atoms with Crippen LogP contribution in [0, 0.1) is 34.1 Å². The van der Waals surface area contributed by atoms with Crippen LogP contribution in [0.3, 0.4) is 0 Å². The lowest BCUT2D eigenvalue weighted by atomic mass is 10.1. The van der Waals surface area contributed by atoms with Gasteiger partial charge in [-0.1, -0.05) is 0 Å². The van der Waals surface area contributed by atoms with E-state index in [-0.39, 0.29) is 35.9 Å². The van der Waals surface area contributed by atoms with Gasteiger partial charge in [0.15, 0.2) is 0 Å². The standard InChI is InChI=1S/C14H15N5O5/c1-9-7-11(18(21)22)3-4-12(9)15-14(20)5-6-17-8-13(19(23)24)10(2)16-17/h3-4,7-8H,5-6H2,1-2H3,(H,15,20). The summed E-state index contributed by atoms with van der Waals surface area (Å²) in [4.78, 5) is 32.4. The predicted molar refractivity (Wildman–Crippen MR) is 84.7 cm³/mol. The van der Waals surface area contributed by atoms with Crippen molar-refractivity contribution in [2.24, 2.45) is 0 Å². The minimum atomic E-state index is -0.529. The van der Waals surface area contributed by atoms with E-state index in [0.29, 0.717) is 11.3 Å². The Morgan fingerprint density at radius 1 is 1.25 bits per heavy atom. The third kappa shape index (κ3) is 3.91. The number of nitrogens with zero attached hydrogens (tertiary/aromatic N) is 4. The van der Waals surface area contributed by atoms with Crippen LogP contribution in [0.5, 0.6) is 0 Å².